The number of carbonyl (C=O) groups excluding carboxylic acids is 1. The van der Waals surface area contributed by atoms with Gasteiger partial charge >= 0.3 is 0 Å². The Kier molecular flexibility index (Phi) is 4.78. The number of piperazine rings is 1. The van der Waals surface area contributed by atoms with Crippen molar-refractivity contribution in [3.05, 3.63) is 29.8 Å². The highest BCUT2D eigenvalue weighted by molar-refractivity contribution is 5.92. The SMILES string of the molecule is CCc1cccc(NC(=O)CN2CCNCC2(C)C)c1. The van der Waals surface area contributed by atoms with E-state index in [0.717, 1.165) is 31.7 Å². The first-order valence-electron chi connectivity index (χ1n) is 7.36. The molecule has 0 spiro atoms. The van der Waals surface area contributed by atoms with Crippen molar-refractivity contribution >= 4 is 11.6 Å². The quantitative estimate of drug-likeness (QED) is 0.882. The molecule has 1 fully saturated rings. The highest BCUT2D eigenvalue weighted by atomic mass is 16.2. The summed E-state index contributed by atoms with van der Waals surface area (Å²) in [7, 11) is 0. The summed E-state index contributed by atoms with van der Waals surface area (Å²) < 4.78 is 0. The Morgan fingerprint density at radius 2 is 2.25 bits per heavy atom. The lowest BCUT2D eigenvalue weighted by Gasteiger charge is -2.42. The minimum Gasteiger partial charge on any atom is -0.325 e. The van der Waals surface area contributed by atoms with Crippen molar-refractivity contribution in [2.75, 3.05) is 31.5 Å². The van der Waals surface area contributed by atoms with E-state index in [4.69, 9.17) is 0 Å². The van der Waals surface area contributed by atoms with Crippen LogP contribution in [0.25, 0.3) is 0 Å². The molecule has 1 aliphatic rings. The zero-order chi connectivity index (χ0) is 14.6. The summed E-state index contributed by atoms with van der Waals surface area (Å²) in [5.74, 6) is 0.0632. The fourth-order valence-electron chi connectivity index (χ4n) is 2.56. The van der Waals surface area contributed by atoms with E-state index in [1.807, 2.05) is 18.2 Å². The highest BCUT2D eigenvalue weighted by Crippen LogP contribution is 2.16. The molecule has 1 aromatic rings. The van der Waals surface area contributed by atoms with Gasteiger partial charge in [-0.1, -0.05) is 19.1 Å². The minimum atomic E-state index is 0.0286. The maximum absolute atomic E-state index is 12.2. The summed E-state index contributed by atoms with van der Waals surface area (Å²) in [5, 5.41) is 6.37. The summed E-state index contributed by atoms with van der Waals surface area (Å²) >= 11 is 0. The normalized spacial score (nSPS) is 18.8. The van der Waals surface area contributed by atoms with Gasteiger partial charge in [0, 0.05) is 30.9 Å². The molecule has 2 rings (SSSR count). The molecule has 20 heavy (non-hydrogen) atoms. The molecule has 4 heteroatoms. The van der Waals surface area contributed by atoms with Gasteiger partial charge < -0.3 is 10.6 Å². The van der Waals surface area contributed by atoms with Gasteiger partial charge in [0.25, 0.3) is 0 Å². The van der Waals surface area contributed by atoms with Crippen LogP contribution in [-0.4, -0.2) is 42.5 Å². The van der Waals surface area contributed by atoms with E-state index >= 15 is 0 Å². The molecule has 0 aromatic heterocycles. The maximum atomic E-state index is 12.2. The number of hydrogen-bond donors (Lipinski definition) is 2. The van der Waals surface area contributed by atoms with Gasteiger partial charge in [0.05, 0.1) is 6.54 Å². The number of rotatable bonds is 4. The van der Waals surface area contributed by atoms with Crippen LogP contribution >= 0.6 is 0 Å². The van der Waals surface area contributed by atoms with Crippen LogP contribution in [0.5, 0.6) is 0 Å². The van der Waals surface area contributed by atoms with Crippen LogP contribution < -0.4 is 10.6 Å². The van der Waals surface area contributed by atoms with E-state index in [2.05, 4.69) is 42.4 Å². The van der Waals surface area contributed by atoms with E-state index in [1.165, 1.54) is 5.56 Å². The molecule has 0 unspecified atom stereocenters. The minimum absolute atomic E-state index is 0.0286. The number of nitrogens with one attached hydrogen (secondary N) is 2. The molecule has 0 aliphatic carbocycles. The molecule has 110 valence electrons. The number of nitrogens with zero attached hydrogens (tertiary/aromatic N) is 1. The summed E-state index contributed by atoms with van der Waals surface area (Å²) in [6.07, 6.45) is 0.981. The first-order valence-corrected chi connectivity index (χ1v) is 7.36. The van der Waals surface area contributed by atoms with Crippen molar-refractivity contribution in [1.82, 2.24) is 10.2 Å². The van der Waals surface area contributed by atoms with Gasteiger partial charge in [-0.2, -0.15) is 0 Å². The van der Waals surface area contributed by atoms with E-state index in [0.29, 0.717) is 6.54 Å². The van der Waals surface area contributed by atoms with Gasteiger partial charge in [-0.05, 0) is 38.0 Å². The Labute approximate surface area is 121 Å². The predicted octanol–water partition coefficient (Wildman–Crippen LogP) is 1.87. The monoisotopic (exact) mass is 275 g/mol. The van der Waals surface area contributed by atoms with Crippen molar-refractivity contribution in [3.8, 4) is 0 Å². The van der Waals surface area contributed by atoms with Crippen LogP contribution in [0.2, 0.25) is 0 Å². The summed E-state index contributed by atoms with van der Waals surface area (Å²) in [4.78, 5) is 14.4. The van der Waals surface area contributed by atoms with Gasteiger partial charge in [-0.15, -0.1) is 0 Å². The number of amides is 1. The molecule has 0 radical (unpaired) electrons. The molecular weight excluding hydrogens is 250 g/mol. The van der Waals surface area contributed by atoms with Gasteiger partial charge in [0.1, 0.15) is 0 Å². The molecular formula is C16H25N3O. The Morgan fingerprint density at radius 1 is 1.45 bits per heavy atom. The Morgan fingerprint density at radius 3 is 2.95 bits per heavy atom. The Hall–Kier alpha value is -1.39. The van der Waals surface area contributed by atoms with Crippen LogP contribution in [0.4, 0.5) is 5.69 Å². The molecule has 0 bridgehead atoms. The molecule has 2 N–H and O–H groups in total. The average Bonchev–Trinajstić information content (AvgIpc) is 2.41. The third-order valence-electron chi connectivity index (χ3n) is 3.93. The van der Waals surface area contributed by atoms with E-state index in [1.54, 1.807) is 0 Å². The second-order valence-electron chi connectivity index (χ2n) is 6.01. The van der Waals surface area contributed by atoms with E-state index < -0.39 is 0 Å². The molecule has 1 amide bonds. The molecule has 0 saturated carbocycles. The Bertz CT molecular complexity index is 471. The lowest BCUT2D eigenvalue weighted by atomic mass is 10.0. The standard InChI is InChI=1S/C16H25N3O/c1-4-13-6-5-7-14(10-13)18-15(20)11-19-9-8-17-12-16(19,2)3/h5-7,10,17H,4,8-9,11-12H2,1-3H3,(H,18,20). The fraction of sp³-hybridized carbons (Fsp3) is 0.562. The third kappa shape index (κ3) is 3.81. The van der Waals surface area contributed by atoms with Crippen molar-refractivity contribution in [3.63, 3.8) is 0 Å². The third-order valence-corrected chi connectivity index (χ3v) is 3.93. The van der Waals surface area contributed by atoms with Crippen LogP contribution in [-0.2, 0) is 11.2 Å². The van der Waals surface area contributed by atoms with Crippen LogP contribution in [0.3, 0.4) is 0 Å². The topological polar surface area (TPSA) is 44.4 Å². The lowest BCUT2D eigenvalue weighted by Crippen LogP contribution is -2.59. The lowest BCUT2D eigenvalue weighted by molar-refractivity contribution is -0.119. The maximum Gasteiger partial charge on any atom is 0.238 e. The van der Waals surface area contributed by atoms with Crippen molar-refractivity contribution < 1.29 is 4.79 Å². The smallest absolute Gasteiger partial charge is 0.238 e. The first-order chi connectivity index (χ1) is 9.51. The fourth-order valence-corrected chi connectivity index (χ4v) is 2.56. The summed E-state index contributed by atoms with van der Waals surface area (Å²) in [6.45, 7) is 9.69. The molecule has 1 heterocycles. The predicted molar refractivity (Wildman–Crippen MR) is 83.0 cm³/mol. The second-order valence-corrected chi connectivity index (χ2v) is 6.01. The Balaban J connectivity index is 1.94. The summed E-state index contributed by atoms with van der Waals surface area (Å²) in [6, 6.07) is 8.05. The summed E-state index contributed by atoms with van der Waals surface area (Å²) in [5.41, 5.74) is 2.16. The largest absolute Gasteiger partial charge is 0.325 e. The van der Waals surface area contributed by atoms with Crippen LogP contribution in [0.1, 0.15) is 26.3 Å². The number of carbonyl (C=O) groups is 1. The zero-order valence-corrected chi connectivity index (χ0v) is 12.7. The van der Waals surface area contributed by atoms with Crippen LogP contribution in [0.15, 0.2) is 24.3 Å². The zero-order valence-electron chi connectivity index (χ0n) is 12.7. The van der Waals surface area contributed by atoms with Crippen LogP contribution in [0, 0.1) is 0 Å². The molecule has 1 aliphatic heterocycles. The van der Waals surface area contributed by atoms with Crippen molar-refractivity contribution in [1.29, 1.82) is 0 Å². The van der Waals surface area contributed by atoms with Crippen molar-refractivity contribution in [2.45, 2.75) is 32.7 Å². The first kappa shape index (κ1) is 15.0. The molecule has 1 aromatic carbocycles. The molecule has 0 atom stereocenters. The number of hydrogen-bond acceptors (Lipinski definition) is 3. The number of aryl methyl sites for hydroxylation is 1. The van der Waals surface area contributed by atoms with Gasteiger partial charge in [0.15, 0.2) is 0 Å². The number of benzene rings is 1. The second kappa shape index (κ2) is 6.37. The van der Waals surface area contributed by atoms with E-state index in [9.17, 15) is 4.79 Å². The average molecular weight is 275 g/mol. The van der Waals surface area contributed by atoms with E-state index in [-0.39, 0.29) is 11.4 Å². The number of anilines is 1. The van der Waals surface area contributed by atoms with Gasteiger partial charge in [-0.3, -0.25) is 9.69 Å². The van der Waals surface area contributed by atoms with Gasteiger partial charge in [0.2, 0.25) is 5.91 Å². The highest BCUT2D eigenvalue weighted by Gasteiger charge is 2.30. The molecule has 1 saturated heterocycles. The van der Waals surface area contributed by atoms with Gasteiger partial charge in [-0.25, -0.2) is 0 Å². The molecule has 4 nitrogen and oxygen atoms in total. The van der Waals surface area contributed by atoms with Crippen molar-refractivity contribution in [2.24, 2.45) is 0 Å².